The maximum Gasteiger partial charge on any atom is 0.117 e. The fourth-order valence-electron chi connectivity index (χ4n) is 1.78. The van der Waals surface area contributed by atoms with Crippen LogP contribution in [-0.4, -0.2) is 9.97 Å². The van der Waals surface area contributed by atoms with Gasteiger partial charge in [-0.2, -0.15) is 0 Å². The van der Waals surface area contributed by atoms with Gasteiger partial charge in [0, 0.05) is 9.37 Å². The van der Waals surface area contributed by atoms with Gasteiger partial charge >= 0.3 is 0 Å². The molecule has 3 rings (SSSR count). The molecule has 0 atom stereocenters. The van der Waals surface area contributed by atoms with Gasteiger partial charge in [0.05, 0.1) is 16.8 Å². The molecule has 1 N–H and O–H groups in total. The molecule has 4 heteroatoms. The third-order valence-electron chi connectivity index (χ3n) is 2.64. The molecule has 1 aromatic heterocycles. The van der Waals surface area contributed by atoms with Crippen molar-refractivity contribution in [2.75, 3.05) is 0 Å². The summed E-state index contributed by atoms with van der Waals surface area (Å²) in [6, 6.07) is 16.3. The Balaban J connectivity index is 1.79. The van der Waals surface area contributed by atoms with Crippen LogP contribution in [0.15, 0.2) is 57.9 Å². The summed E-state index contributed by atoms with van der Waals surface area (Å²) in [5.74, 6) is 1.86. The number of hydrogen-bond acceptors (Lipinski definition) is 2. The maximum absolute atomic E-state index is 4.57. The van der Waals surface area contributed by atoms with Gasteiger partial charge in [0.15, 0.2) is 0 Å². The number of fused-ring (bicyclic) bond motifs is 1. The average Bonchev–Trinajstić information content (AvgIpc) is 2.80. The summed E-state index contributed by atoms with van der Waals surface area (Å²) in [5, 5.41) is 0. The molecule has 0 aliphatic rings. The van der Waals surface area contributed by atoms with E-state index in [2.05, 4.69) is 44.1 Å². The zero-order chi connectivity index (χ0) is 12.4. The molecule has 3 aromatic rings. The minimum Gasteiger partial charge on any atom is -0.341 e. The van der Waals surface area contributed by atoms with Crippen molar-refractivity contribution in [2.24, 2.45) is 0 Å². The highest BCUT2D eigenvalue weighted by Crippen LogP contribution is 2.29. The van der Waals surface area contributed by atoms with E-state index in [1.165, 1.54) is 4.90 Å². The minimum atomic E-state index is 0.845. The number of para-hydroxylation sites is 2. The fourth-order valence-corrected chi connectivity index (χ4v) is 3.22. The molecule has 0 aliphatic heterocycles. The normalized spacial score (nSPS) is 10.9. The number of halogens is 1. The lowest BCUT2D eigenvalue weighted by atomic mass is 10.3. The summed E-state index contributed by atoms with van der Waals surface area (Å²) < 4.78 is 1.13. The van der Waals surface area contributed by atoms with Crippen LogP contribution in [0.1, 0.15) is 5.82 Å². The van der Waals surface area contributed by atoms with Crippen LogP contribution < -0.4 is 0 Å². The summed E-state index contributed by atoms with van der Waals surface area (Å²) in [5.41, 5.74) is 2.13. The standard InChI is InChI=1S/C14H11BrN2S/c15-10-5-1-4-8-13(10)18-9-14-16-11-6-2-3-7-12(11)17-14/h1-8H,9H2,(H,16,17). The number of nitrogens with one attached hydrogen (secondary N) is 1. The molecule has 0 fully saturated rings. The number of rotatable bonds is 3. The minimum absolute atomic E-state index is 0.845. The summed E-state index contributed by atoms with van der Waals surface area (Å²) in [6.45, 7) is 0. The number of aromatic nitrogens is 2. The number of imidazole rings is 1. The Morgan fingerprint density at radius 3 is 2.67 bits per heavy atom. The average molecular weight is 319 g/mol. The second-order valence-corrected chi connectivity index (χ2v) is 5.79. The van der Waals surface area contributed by atoms with Gasteiger partial charge in [0.2, 0.25) is 0 Å². The Hall–Kier alpha value is -1.26. The summed E-state index contributed by atoms with van der Waals surface area (Å²) in [6.07, 6.45) is 0. The number of thioether (sulfide) groups is 1. The molecule has 0 saturated heterocycles. The van der Waals surface area contributed by atoms with Gasteiger partial charge in [-0.3, -0.25) is 0 Å². The van der Waals surface area contributed by atoms with E-state index < -0.39 is 0 Å². The molecule has 0 radical (unpaired) electrons. The zero-order valence-electron chi connectivity index (χ0n) is 9.56. The maximum atomic E-state index is 4.57. The lowest BCUT2D eigenvalue weighted by Gasteiger charge is -2.01. The van der Waals surface area contributed by atoms with Crippen LogP contribution >= 0.6 is 27.7 Å². The molecule has 2 nitrogen and oxygen atoms in total. The van der Waals surface area contributed by atoms with E-state index >= 15 is 0 Å². The first-order valence-electron chi connectivity index (χ1n) is 5.64. The van der Waals surface area contributed by atoms with Gasteiger partial charge in [0.1, 0.15) is 5.82 Å². The quantitative estimate of drug-likeness (QED) is 0.714. The predicted molar refractivity (Wildman–Crippen MR) is 79.8 cm³/mol. The lowest BCUT2D eigenvalue weighted by molar-refractivity contribution is 1.14. The van der Waals surface area contributed by atoms with Crippen LogP contribution in [0.5, 0.6) is 0 Å². The monoisotopic (exact) mass is 318 g/mol. The van der Waals surface area contributed by atoms with E-state index in [-0.39, 0.29) is 0 Å². The van der Waals surface area contributed by atoms with Gasteiger partial charge in [-0.05, 0) is 40.2 Å². The summed E-state index contributed by atoms with van der Waals surface area (Å²) in [4.78, 5) is 9.14. The third-order valence-corrected chi connectivity index (χ3v) is 4.68. The van der Waals surface area contributed by atoms with Crippen molar-refractivity contribution < 1.29 is 0 Å². The molecule has 0 bridgehead atoms. The van der Waals surface area contributed by atoms with Gasteiger partial charge in [-0.15, -0.1) is 11.8 Å². The first-order chi connectivity index (χ1) is 8.83. The first-order valence-corrected chi connectivity index (χ1v) is 7.42. The Bertz CT molecular complexity index is 645. The van der Waals surface area contributed by atoms with E-state index in [0.29, 0.717) is 0 Å². The molecule has 0 amide bonds. The molecular weight excluding hydrogens is 308 g/mol. The number of hydrogen-bond donors (Lipinski definition) is 1. The first kappa shape index (κ1) is 11.8. The number of nitrogens with zero attached hydrogens (tertiary/aromatic N) is 1. The van der Waals surface area contributed by atoms with Crippen LogP contribution in [0.2, 0.25) is 0 Å². The van der Waals surface area contributed by atoms with Crippen molar-refractivity contribution >= 4 is 38.7 Å². The van der Waals surface area contributed by atoms with Crippen LogP contribution in [0.25, 0.3) is 11.0 Å². The van der Waals surface area contributed by atoms with Gasteiger partial charge < -0.3 is 4.98 Å². The number of benzene rings is 2. The highest BCUT2D eigenvalue weighted by molar-refractivity contribution is 9.10. The second-order valence-electron chi connectivity index (χ2n) is 3.92. The molecule has 90 valence electrons. The Labute approximate surface area is 118 Å². The van der Waals surface area contributed by atoms with E-state index in [9.17, 15) is 0 Å². The number of H-pyrrole nitrogens is 1. The van der Waals surface area contributed by atoms with Gasteiger partial charge in [-0.1, -0.05) is 24.3 Å². The predicted octanol–water partition coefficient (Wildman–Crippen LogP) is 4.62. The van der Waals surface area contributed by atoms with Crippen LogP contribution in [0.3, 0.4) is 0 Å². The Morgan fingerprint density at radius 1 is 1.06 bits per heavy atom. The molecule has 1 heterocycles. The second kappa shape index (κ2) is 5.16. The van der Waals surface area contributed by atoms with Gasteiger partial charge in [-0.25, -0.2) is 4.98 Å². The van der Waals surface area contributed by atoms with Crippen molar-refractivity contribution in [1.29, 1.82) is 0 Å². The van der Waals surface area contributed by atoms with Crippen molar-refractivity contribution in [1.82, 2.24) is 9.97 Å². The van der Waals surface area contributed by atoms with E-state index in [1.54, 1.807) is 11.8 Å². The molecule has 0 aliphatic carbocycles. The van der Waals surface area contributed by atoms with Gasteiger partial charge in [0.25, 0.3) is 0 Å². The Kier molecular flexibility index (Phi) is 3.39. The zero-order valence-corrected chi connectivity index (χ0v) is 12.0. The van der Waals surface area contributed by atoms with Crippen molar-refractivity contribution in [2.45, 2.75) is 10.6 Å². The third kappa shape index (κ3) is 2.44. The van der Waals surface area contributed by atoms with Crippen LogP contribution in [-0.2, 0) is 5.75 Å². The molecule has 0 unspecified atom stereocenters. The molecule has 2 aromatic carbocycles. The van der Waals surface area contributed by atoms with E-state index in [1.807, 2.05) is 30.3 Å². The summed E-state index contributed by atoms with van der Waals surface area (Å²) in [7, 11) is 0. The highest BCUT2D eigenvalue weighted by atomic mass is 79.9. The molecule has 18 heavy (non-hydrogen) atoms. The molecular formula is C14H11BrN2S. The summed E-state index contributed by atoms with van der Waals surface area (Å²) >= 11 is 5.33. The highest BCUT2D eigenvalue weighted by Gasteiger charge is 2.04. The molecule has 0 spiro atoms. The fraction of sp³-hybridized carbons (Fsp3) is 0.0714. The smallest absolute Gasteiger partial charge is 0.117 e. The topological polar surface area (TPSA) is 28.7 Å². The molecule has 0 saturated carbocycles. The van der Waals surface area contributed by atoms with Crippen molar-refractivity contribution in [3.63, 3.8) is 0 Å². The largest absolute Gasteiger partial charge is 0.341 e. The van der Waals surface area contributed by atoms with Crippen LogP contribution in [0.4, 0.5) is 0 Å². The van der Waals surface area contributed by atoms with Crippen molar-refractivity contribution in [3.8, 4) is 0 Å². The van der Waals surface area contributed by atoms with Crippen LogP contribution in [0, 0.1) is 0 Å². The number of aromatic amines is 1. The van der Waals surface area contributed by atoms with E-state index in [0.717, 1.165) is 27.1 Å². The Morgan fingerprint density at radius 2 is 1.83 bits per heavy atom. The van der Waals surface area contributed by atoms with E-state index in [4.69, 9.17) is 0 Å². The lowest BCUT2D eigenvalue weighted by Crippen LogP contribution is -1.83. The van der Waals surface area contributed by atoms with Crippen molar-refractivity contribution in [3.05, 3.63) is 58.8 Å². The SMILES string of the molecule is Brc1ccccc1SCc1nc2ccccc2[nH]1.